The molecule has 1 aromatic rings. The van der Waals surface area contributed by atoms with Gasteiger partial charge in [0.1, 0.15) is 5.75 Å². The van der Waals surface area contributed by atoms with Crippen molar-refractivity contribution in [3.05, 3.63) is 29.8 Å². The number of hydrogen-bond acceptors (Lipinski definition) is 3. The molecule has 5 heteroatoms. The number of ether oxygens (including phenoxy) is 1. The summed E-state index contributed by atoms with van der Waals surface area (Å²) in [6, 6.07) is 7.62. The van der Waals surface area contributed by atoms with Crippen molar-refractivity contribution in [2.24, 2.45) is 0 Å². The summed E-state index contributed by atoms with van der Waals surface area (Å²) in [5.74, 6) is 0.620. The molecule has 0 bridgehead atoms. The monoisotopic (exact) mass is 348 g/mol. The van der Waals surface area contributed by atoms with Gasteiger partial charge in [0.2, 0.25) is 0 Å². The number of benzene rings is 1. The maximum atomic E-state index is 12.2. The highest BCUT2D eigenvalue weighted by Crippen LogP contribution is 2.17. The molecule has 0 unspecified atom stereocenters. The summed E-state index contributed by atoms with van der Waals surface area (Å²) in [7, 11) is 0. The highest BCUT2D eigenvalue weighted by molar-refractivity contribution is 7.80. The topological polar surface area (TPSA) is 50.4 Å². The number of carbonyl (C=O) groups is 1. The van der Waals surface area contributed by atoms with E-state index in [1.807, 2.05) is 12.1 Å². The molecule has 0 saturated heterocycles. The Morgan fingerprint density at radius 3 is 2.54 bits per heavy atom. The van der Waals surface area contributed by atoms with E-state index < -0.39 is 0 Å². The van der Waals surface area contributed by atoms with E-state index in [0.29, 0.717) is 16.7 Å². The SMILES string of the molecule is CCCCCCOc1ccc(C(=O)NC(=S)NC2CCCC2)cc1. The molecule has 0 heterocycles. The highest BCUT2D eigenvalue weighted by atomic mass is 32.1. The van der Waals surface area contributed by atoms with Crippen LogP contribution in [0.25, 0.3) is 0 Å². The first-order valence-electron chi connectivity index (χ1n) is 9.03. The Morgan fingerprint density at radius 2 is 1.88 bits per heavy atom. The molecule has 1 aliphatic rings. The zero-order chi connectivity index (χ0) is 17.2. The largest absolute Gasteiger partial charge is 0.494 e. The fourth-order valence-electron chi connectivity index (χ4n) is 2.89. The van der Waals surface area contributed by atoms with Gasteiger partial charge >= 0.3 is 0 Å². The molecule has 1 amide bonds. The summed E-state index contributed by atoms with van der Waals surface area (Å²) in [4.78, 5) is 12.2. The molecule has 1 fully saturated rings. The van der Waals surface area contributed by atoms with Crippen LogP contribution >= 0.6 is 12.2 Å². The third-order valence-electron chi connectivity index (χ3n) is 4.30. The lowest BCUT2D eigenvalue weighted by molar-refractivity contribution is 0.0976. The van der Waals surface area contributed by atoms with Gasteiger partial charge in [-0.15, -0.1) is 0 Å². The van der Waals surface area contributed by atoms with Crippen LogP contribution in [0.3, 0.4) is 0 Å². The van der Waals surface area contributed by atoms with Crippen LogP contribution in [0.15, 0.2) is 24.3 Å². The highest BCUT2D eigenvalue weighted by Gasteiger charge is 2.16. The number of thiocarbonyl (C=S) groups is 1. The third kappa shape index (κ3) is 6.48. The predicted octanol–water partition coefficient (Wildman–Crippen LogP) is 4.19. The van der Waals surface area contributed by atoms with Crippen LogP contribution in [-0.2, 0) is 0 Å². The first-order chi connectivity index (χ1) is 11.7. The van der Waals surface area contributed by atoms with Gasteiger partial charge in [-0.3, -0.25) is 10.1 Å². The molecule has 0 aliphatic heterocycles. The number of rotatable bonds is 8. The van der Waals surface area contributed by atoms with E-state index in [0.717, 1.165) is 31.6 Å². The average molecular weight is 349 g/mol. The van der Waals surface area contributed by atoms with E-state index in [1.165, 1.54) is 32.1 Å². The molecule has 0 aromatic heterocycles. The van der Waals surface area contributed by atoms with Gasteiger partial charge in [-0.25, -0.2) is 0 Å². The van der Waals surface area contributed by atoms with Crippen molar-refractivity contribution in [2.75, 3.05) is 6.61 Å². The molecule has 0 spiro atoms. The molecule has 1 aromatic carbocycles. The van der Waals surface area contributed by atoms with E-state index in [4.69, 9.17) is 17.0 Å². The maximum Gasteiger partial charge on any atom is 0.257 e. The standard InChI is InChI=1S/C19H28N2O2S/c1-2-3-4-7-14-23-17-12-10-15(11-13-17)18(22)21-19(24)20-16-8-5-6-9-16/h10-13,16H,2-9,14H2,1H3,(H2,20,21,22,24). The first-order valence-corrected chi connectivity index (χ1v) is 9.44. The van der Waals surface area contributed by atoms with Crippen molar-refractivity contribution in [1.82, 2.24) is 10.6 Å². The lowest BCUT2D eigenvalue weighted by Gasteiger charge is -2.15. The molecule has 24 heavy (non-hydrogen) atoms. The van der Waals surface area contributed by atoms with Crippen LogP contribution in [0, 0.1) is 0 Å². The van der Waals surface area contributed by atoms with Crippen molar-refractivity contribution in [3.8, 4) is 5.75 Å². The molecule has 1 saturated carbocycles. The minimum absolute atomic E-state index is 0.181. The third-order valence-corrected chi connectivity index (χ3v) is 4.52. The normalized spacial score (nSPS) is 14.4. The summed E-state index contributed by atoms with van der Waals surface area (Å²) >= 11 is 5.22. The average Bonchev–Trinajstić information content (AvgIpc) is 3.08. The Labute approximate surface area is 150 Å². The molecule has 2 rings (SSSR count). The van der Waals surface area contributed by atoms with Crippen LogP contribution in [0.5, 0.6) is 5.75 Å². The van der Waals surface area contributed by atoms with Crippen molar-refractivity contribution in [3.63, 3.8) is 0 Å². The Kier molecular flexibility index (Phi) is 8.02. The first kappa shape index (κ1) is 18.7. The quantitative estimate of drug-likeness (QED) is 0.546. The Morgan fingerprint density at radius 1 is 1.17 bits per heavy atom. The summed E-state index contributed by atoms with van der Waals surface area (Å²) in [5, 5.41) is 6.38. The number of unbranched alkanes of at least 4 members (excludes halogenated alkanes) is 3. The smallest absolute Gasteiger partial charge is 0.257 e. The number of amides is 1. The van der Waals surface area contributed by atoms with Crippen LogP contribution in [0.2, 0.25) is 0 Å². The summed E-state index contributed by atoms with van der Waals surface area (Å²) in [6.07, 6.45) is 9.45. The van der Waals surface area contributed by atoms with Gasteiger partial charge < -0.3 is 10.1 Å². The fraction of sp³-hybridized carbons (Fsp3) is 0.579. The van der Waals surface area contributed by atoms with Crippen LogP contribution < -0.4 is 15.4 Å². The maximum absolute atomic E-state index is 12.2. The van der Waals surface area contributed by atoms with Gasteiger partial charge in [0, 0.05) is 11.6 Å². The van der Waals surface area contributed by atoms with Crippen molar-refractivity contribution < 1.29 is 9.53 Å². The number of hydrogen-bond donors (Lipinski definition) is 2. The molecule has 2 N–H and O–H groups in total. The summed E-state index contributed by atoms with van der Waals surface area (Å²) in [5.41, 5.74) is 0.587. The van der Waals surface area contributed by atoms with Crippen molar-refractivity contribution in [1.29, 1.82) is 0 Å². The molecule has 132 valence electrons. The summed E-state index contributed by atoms with van der Waals surface area (Å²) in [6.45, 7) is 2.92. The zero-order valence-electron chi connectivity index (χ0n) is 14.5. The van der Waals surface area contributed by atoms with E-state index in [2.05, 4.69) is 17.6 Å². The van der Waals surface area contributed by atoms with Gasteiger partial charge in [-0.1, -0.05) is 39.0 Å². The van der Waals surface area contributed by atoms with Crippen LogP contribution in [0.1, 0.15) is 68.6 Å². The number of nitrogens with one attached hydrogen (secondary N) is 2. The molecule has 4 nitrogen and oxygen atoms in total. The second-order valence-electron chi connectivity index (χ2n) is 6.34. The van der Waals surface area contributed by atoms with Gasteiger partial charge in [-0.2, -0.15) is 0 Å². The van der Waals surface area contributed by atoms with E-state index in [9.17, 15) is 4.79 Å². The van der Waals surface area contributed by atoms with Gasteiger partial charge in [0.25, 0.3) is 5.91 Å². The van der Waals surface area contributed by atoms with Crippen LogP contribution in [-0.4, -0.2) is 23.7 Å². The second kappa shape index (κ2) is 10.3. The fourth-order valence-corrected chi connectivity index (χ4v) is 3.15. The molecule has 0 atom stereocenters. The Balaban J connectivity index is 1.72. The minimum atomic E-state index is -0.181. The van der Waals surface area contributed by atoms with E-state index in [-0.39, 0.29) is 5.91 Å². The van der Waals surface area contributed by atoms with Gasteiger partial charge in [-0.05, 0) is 55.7 Å². The lowest BCUT2D eigenvalue weighted by atomic mass is 10.2. The zero-order valence-corrected chi connectivity index (χ0v) is 15.3. The minimum Gasteiger partial charge on any atom is -0.494 e. The van der Waals surface area contributed by atoms with Crippen molar-refractivity contribution >= 4 is 23.2 Å². The van der Waals surface area contributed by atoms with E-state index in [1.54, 1.807) is 12.1 Å². The number of carbonyl (C=O) groups excluding carboxylic acids is 1. The Hall–Kier alpha value is -1.62. The molecule has 1 aliphatic carbocycles. The lowest BCUT2D eigenvalue weighted by Crippen LogP contribution is -2.43. The molecular formula is C19H28N2O2S. The second-order valence-corrected chi connectivity index (χ2v) is 6.75. The van der Waals surface area contributed by atoms with Crippen molar-refractivity contribution in [2.45, 2.75) is 64.3 Å². The molecular weight excluding hydrogens is 320 g/mol. The van der Waals surface area contributed by atoms with Gasteiger partial charge in [0.15, 0.2) is 5.11 Å². The van der Waals surface area contributed by atoms with E-state index >= 15 is 0 Å². The summed E-state index contributed by atoms with van der Waals surface area (Å²) < 4.78 is 5.69. The van der Waals surface area contributed by atoms with Gasteiger partial charge in [0.05, 0.1) is 6.61 Å². The molecule has 0 radical (unpaired) electrons. The van der Waals surface area contributed by atoms with Crippen LogP contribution in [0.4, 0.5) is 0 Å². The Bertz CT molecular complexity index is 525. The predicted molar refractivity (Wildman–Crippen MR) is 102 cm³/mol.